The van der Waals surface area contributed by atoms with E-state index in [1.54, 1.807) is 38.1 Å². The Balaban J connectivity index is 2.85. The van der Waals surface area contributed by atoms with Crippen molar-refractivity contribution < 1.29 is 14.7 Å². The molecule has 2 amide bonds. The summed E-state index contributed by atoms with van der Waals surface area (Å²) in [5.74, 6) is 4.47. The molecule has 0 spiro atoms. The Bertz CT molecular complexity index is 568. The number of carbonyl (C=O) groups excluding carboxylic acids is 2. The number of aliphatic hydroxyl groups excluding tert-OH is 1. The van der Waals surface area contributed by atoms with Crippen molar-refractivity contribution in [1.82, 2.24) is 5.32 Å². The van der Waals surface area contributed by atoms with Crippen molar-refractivity contribution >= 4 is 11.8 Å². The molecular weight excluding hydrogens is 256 g/mol. The first-order valence-corrected chi connectivity index (χ1v) is 6.15. The summed E-state index contributed by atoms with van der Waals surface area (Å²) in [5, 5.41) is 11.4. The molecule has 5 nitrogen and oxygen atoms in total. The SMILES string of the molecule is CC(C)(CC(N)=O)NC(=O)c1cccc(C#CCO)c1. The standard InChI is InChI=1S/C15H18N2O3/c1-15(2,10-13(16)19)17-14(20)12-7-3-5-11(9-12)6-4-8-18/h3,5,7,9,18H,8,10H2,1-2H3,(H2,16,19)(H,17,20). The quantitative estimate of drug-likeness (QED) is 0.694. The van der Waals surface area contributed by atoms with Gasteiger partial charge < -0.3 is 16.2 Å². The van der Waals surface area contributed by atoms with Gasteiger partial charge in [-0.25, -0.2) is 0 Å². The van der Waals surface area contributed by atoms with E-state index in [1.165, 1.54) is 0 Å². The lowest BCUT2D eigenvalue weighted by molar-refractivity contribution is -0.119. The molecule has 5 heteroatoms. The first-order valence-electron chi connectivity index (χ1n) is 6.15. The molecular formula is C15H18N2O3. The third kappa shape index (κ3) is 5.12. The van der Waals surface area contributed by atoms with Crippen LogP contribution in [0.5, 0.6) is 0 Å². The number of rotatable bonds is 4. The maximum atomic E-state index is 12.1. The van der Waals surface area contributed by atoms with Gasteiger partial charge in [-0.2, -0.15) is 0 Å². The largest absolute Gasteiger partial charge is 0.384 e. The highest BCUT2D eigenvalue weighted by molar-refractivity contribution is 5.95. The minimum absolute atomic E-state index is 0.0583. The minimum Gasteiger partial charge on any atom is -0.384 e. The van der Waals surface area contributed by atoms with E-state index in [0.717, 1.165) is 0 Å². The smallest absolute Gasteiger partial charge is 0.251 e. The van der Waals surface area contributed by atoms with Gasteiger partial charge in [0.05, 0.1) is 0 Å². The van der Waals surface area contributed by atoms with E-state index in [-0.39, 0.29) is 18.9 Å². The molecule has 1 aromatic rings. The van der Waals surface area contributed by atoms with Crippen LogP contribution in [0.3, 0.4) is 0 Å². The summed E-state index contributed by atoms with van der Waals surface area (Å²) in [5.41, 5.74) is 5.50. The Morgan fingerprint density at radius 2 is 2.10 bits per heavy atom. The maximum absolute atomic E-state index is 12.1. The van der Waals surface area contributed by atoms with Gasteiger partial charge in [-0.1, -0.05) is 17.9 Å². The van der Waals surface area contributed by atoms with Gasteiger partial charge in [-0.3, -0.25) is 9.59 Å². The van der Waals surface area contributed by atoms with Gasteiger partial charge in [0.2, 0.25) is 5.91 Å². The lowest BCUT2D eigenvalue weighted by Gasteiger charge is -2.24. The Kier molecular flexibility index (Phi) is 5.30. The topological polar surface area (TPSA) is 92.4 Å². The number of amides is 2. The molecule has 1 rings (SSSR count). The van der Waals surface area contributed by atoms with Gasteiger partial charge >= 0.3 is 0 Å². The highest BCUT2D eigenvalue weighted by atomic mass is 16.2. The van der Waals surface area contributed by atoms with E-state index in [1.807, 2.05) is 0 Å². The number of carbonyl (C=O) groups is 2. The fourth-order valence-electron chi connectivity index (χ4n) is 1.74. The first kappa shape index (κ1) is 15.7. The molecule has 0 saturated heterocycles. The molecule has 0 bridgehead atoms. The summed E-state index contributed by atoms with van der Waals surface area (Å²) in [6.07, 6.45) is 0.0583. The predicted octanol–water partition coefficient (Wildman–Crippen LogP) is 0.414. The molecule has 1 aromatic carbocycles. The molecule has 0 aliphatic carbocycles. The Morgan fingerprint density at radius 1 is 1.40 bits per heavy atom. The van der Waals surface area contributed by atoms with Crippen LogP contribution in [-0.4, -0.2) is 29.1 Å². The van der Waals surface area contributed by atoms with Crippen molar-refractivity contribution in [1.29, 1.82) is 0 Å². The summed E-state index contributed by atoms with van der Waals surface area (Å²) in [4.78, 5) is 23.0. The summed E-state index contributed by atoms with van der Waals surface area (Å²) in [7, 11) is 0. The highest BCUT2D eigenvalue weighted by Crippen LogP contribution is 2.11. The number of nitrogens with two attached hydrogens (primary N) is 1. The van der Waals surface area contributed by atoms with Gasteiger partial charge in [-0.05, 0) is 32.0 Å². The van der Waals surface area contributed by atoms with Crippen LogP contribution >= 0.6 is 0 Å². The Morgan fingerprint density at radius 3 is 2.70 bits per heavy atom. The summed E-state index contributed by atoms with van der Waals surface area (Å²) < 4.78 is 0. The molecule has 0 fully saturated rings. The normalized spacial score (nSPS) is 10.3. The second-order valence-electron chi connectivity index (χ2n) is 5.02. The first-order chi connectivity index (χ1) is 9.34. The second kappa shape index (κ2) is 6.73. The van der Waals surface area contributed by atoms with E-state index in [4.69, 9.17) is 10.8 Å². The van der Waals surface area contributed by atoms with Crippen LogP contribution in [0.15, 0.2) is 24.3 Å². The highest BCUT2D eigenvalue weighted by Gasteiger charge is 2.23. The second-order valence-corrected chi connectivity index (χ2v) is 5.02. The zero-order valence-electron chi connectivity index (χ0n) is 11.6. The molecule has 0 aromatic heterocycles. The van der Waals surface area contributed by atoms with Crippen LogP contribution in [0, 0.1) is 11.8 Å². The van der Waals surface area contributed by atoms with Crippen LogP contribution in [0.4, 0.5) is 0 Å². The van der Waals surface area contributed by atoms with E-state index >= 15 is 0 Å². The van der Waals surface area contributed by atoms with E-state index in [2.05, 4.69) is 17.2 Å². The van der Waals surface area contributed by atoms with Crippen LogP contribution in [0.1, 0.15) is 36.2 Å². The average molecular weight is 274 g/mol. The molecule has 0 aliphatic heterocycles. The van der Waals surface area contributed by atoms with Crippen molar-refractivity contribution in [3.05, 3.63) is 35.4 Å². The van der Waals surface area contributed by atoms with Gasteiger partial charge in [0.25, 0.3) is 5.91 Å². The molecule has 0 heterocycles. The minimum atomic E-state index is -0.713. The van der Waals surface area contributed by atoms with E-state index < -0.39 is 11.4 Å². The third-order valence-corrected chi connectivity index (χ3v) is 2.50. The zero-order chi connectivity index (χ0) is 15.2. The molecule has 0 radical (unpaired) electrons. The summed E-state index contributed by atoms with van der Waals surface area (Å²) in [6, 6.07) is 6.73. The molecule has 106 valence electrons. The zero-order valence-corrected chi connectivity index (χ0v) is 11.6. The van der Waals surface area contributed by atoms with Crippen LogP contribution < -0.4 is 11.1 Å². The molecule has 0 atom stereocenters. The van der Waals surface area contributed by atoms with E-state index in [9.17, 15) is 9.59 Å². The molecule has 4 N–H and O–H groups in total. The lowest BCUT2D eigenvalue weighted by Crippen LogP contribution is -2.46. The molecule has 0 aliphatic rings. The third-order valence-electron chi connectivity index (χ3n) is 2.50. The van der Waals surface area contributed by atoms with E-state index in [0.29, 0.717) is 11.1 Å². The van der Waals surface area contributed by atoms with Crippen molar-refractivity contribution in [3.8, 4) is 11.8 Å². The number of primary amides is 1. The number of nitrogens with one attached hydrogen (secondary N) is 1. The Labute approximate surface area is 118 Å². The van der Waals surface area contributed by atoms with Gasteiger partial charge in [0.15, 0.2) is 0 Å². The lowest BCUT2D eigenvalue weighted by atomic mass is 9.99. The Hall–Kier alpha value is -2.32. The van der Waals surface area contributed by atoms with Crippen molar-refractivity contribution in [2.24, 2.45) is 5.73 Å². The van der Waals surface area contributed by atoms with Crippen LogP contribution in [-0.2, 0) is 4.79 Å². The fraction of sp³-hybridized carbons (Fsp3) is 0.333. The predicted molar refractivity (Wildman–Crippen MR) is 75.8 cm³/mol. The molecule has 20 heavy (non-hydrogen) atoms. The van der Waals surface area contributed by atoms with Gasteiger partial charge in [0.1, 0.15) is 6.61 Å². The number of aliphatic hydroxyl groups is 1. The summed E-state index contributed by atoms with van der Waals surface area (Å²) >= 11 is 0. The number of benzene rings is 1. The molecule has 0 unspecified atom stereocenters. The molecule has 0 saturated carbocycles. The maximum Gasteiger partial charge on any atom is 0.251 e. The number of hydrogen-bond acceptors (Lipinski definition) is 3. The summed E-state index contributed by atoms with van der Waals surface area (Å²) in [6.45, 7) is 3.22. The van der Waals surface area contributed by atoms with Crippen molar-refractivity contribution in [2.45, 2.75) is 25.8 Å². The number of hydrogen-bond donors (Lipinski definition) is 3. The average Bonchev–Trinajstić information content (AvgIpc) is 2.34. The van der Waals surface area contributed by atoms with Crippen molar-refractivity contribution in [3.63, 3.8) is 0 Å². The fourth-order valence-corrected chi connectivity index (χ4v) is 1.74. The van der Waals surface area contributed by atoms with Gasteiger partial charge in [0, 0.05) is 23.1 Å². The van der Waals surface area contributed by atoms with Crippen LogP contribution in [0.25, 0.3) is 0 Å². The van der Waals surface area contributed by atoms with Gasteiger partial charge in [-0.15, -0.1) is 0 Å². The van der Waals surface area contributed by atoms with Crippen molar-refractivity contribution in [2.75, 3.05) is 6.61 Å². The monoisotopic (exact) mass is 274 g/mol. The van der Waals surface area contributed by atoms with Crippen LogP contribution in [0.2, 0.25) is 0 Å².